The smallest absolute Gasteiger partial charge is 0.252 e. The number of carbonyl (C=O) groups is 2. The second-order valence-corrected chi connectivity index (χ2v) is 10.8. The minimum atomic E-state index is -3.49. The monoisotopic (exact) mass is 447 g/mol. The van der Waals surface area contributed by atoms with E-state index in [0.717, 1.165) is 5.56 Å². The second-order valence-electron chi connectivity index (χ2n) is 7.70. The van der Waals surface area contributed by atoms with E-state index in [0.29, 0.717) is 23.8 Å². The van der Waals surface area contributed by atoms with Gasteiger partial charge in [-0.15, -0.1) is 11.3 Å². The predicted molar refractivity (Wildman–Crippen MR) is 114 cm³/mol. The van der Waals surface area contributed by atoms with Gasteiger partial charge in [0.05, 0.1) is 12.0 Å². The van der Waals surface area contributed by atoms with Crippen LogP contribution in [0.1, 0.15) is 24.9 Å². The third-order valence-electron chi connectivity index (χ3n) is 5.90. The number of amides is 2. The van der Waals surface area contributed by atoms with Gasteiger partial charge in [0.25, 0.3) is 10.0 Å². The van der Waals surface area contributed by atoms with Gasteiger partial charge in [-0.1, -0.05) is 36.4 Å². The van der Waals surface area contributed by atoms with Gasteiger partial charge in [0, 0.05) is 39.1 Å². The highest BCUT2D eigenvalue weighted by molar-refractivity contribution is 7.91. The van der Waals surface area contributed by atoms with Crippen molar-refractivity contribution < 1.29 is 18.0 Å². The third-order valence-corrected chi connectivity index (χ3v) is 9.17. The Bertz CT molecular complexity index is 1000. The molecule has 160 valence electrons. The molecule has 0 unspecified atom stereocenters. The molecule has 30 heavy (non-hydrogen) atoms. The summed E-state index contributed by atoms with van der Waals surface area (Å²) in [5.41, 5.74) is 1.05. The van der Waals surface area contributed by atoms with Crippen LogP contribution < -0.4 is 0 Å². The number of hydrogen-bond donors (Lipinski definition) is 0. The minimum absolute atomic E-state index is 0.0105. The second kappa shape index (κ2) is 8.49. The Kier molecular flexibility index (Phi) is 5.95. The summed E-state index contributed by atoms with van der Waals surface area (Å²) < 4.78 is 27.1. The number of benzene rings is 1. The predicted octanol–water partition coefficient (Wildman–Crippen LogP) is 2.19. The highest BCUT2D eigenvalue weighted by Crippen LogP contribution is 2.30. The molecule has 2 amide bonds. The number of carbonyl (C=O) groups excluding carboxylic acids is 2. The lowest BCUT2D eigenvalue weighted by Crippen LogP contribution is -2.52. The van der Waals surface area contributed by atoms with E-state index >= 15 is 0 Å². The molecule has 4 rings (SSSR count). The van der Waals surface area contributed by atoms with Crippen molar-refractivity contribution in [2.24, 2.45) is 5.92 Å². The Morgan fingerprint density at radius 3 is 2.40 bits per heavy atom. The summed E-state index contributed by atoms with van der Waals surface area (Å²) in [5.74, 6) is -0.438. The van der Waals surface area contributed by atoms with Crippen LogP contribution in [0.2, 0.25) is 0 Å². The van der Waals surface area contributed by atoms with Crippen molar-refractivity contribution in [3.05, 3.63) is 53.4 Å². The van der Waals surface area contributed by atoms with Crippen LogP contribution in [-0.2, 0) is 19.6 Å². The molecular formula is C21H25N3O4S2. The normalized spacial score (nSPS) is 21.8. The van der Waals surface area contributed by atoms with Crippen molar-refractivity contribution in [1.82, 2.24) is 14.1 Å². The maximum atomic E-state index is 13.0. The number of nitrogens with zero attached hydrogens (tertiary/aromatic N) is 3. The van der Waals surface area contributed by atoms with E-state index in [4.69, 9.17) is 0 Å². The summed E-state index contributed by atoms with van der Waals surface area (Å²) in [6, 6.07) is 13.0. The van der Waals surface area contributed by atoms with Crippen LogP contribution in [0.15, 0.2) is 52.1 Å². The van der Waals surface area contributed by atoms with Gasteiger partial charge < -0.3 is 9.80 Å². The van der Waals surface area contributed by atoms with E-state index in [-0.39, 0.29) is 43.3 Å². The molecule has 2 aliphatic heterocycles. The lowest BCUT2D eigenvalue weighted by Gasteiger charge is -2.35. The molecule has 2 saturated heterocycles. The maximum absolute atomic E-state index is 13.0. The Morgan fingerprint density at radius 1 is 1.07 bits per heavy atom. The van der Waals surface area contributed by atoms with Gasteiger partial charge in [-0.05, 0) is 23.9 Å². The van der Waals surface area contributed by atoms with Crippen molar-refractivity contribution >= 4 is 33.2 Å². The molecule has 3 heterocycles. The van der Waals surface area contributed by atoms with Crippen molar-refractivity contribution in [2.45, 2.75) is 23.6 Å². The topological polar surface area (TPSA) is 78.0 Å². The molecular weight excluding hydrogens is 422 g/mol. The highest BCUT2D eigenvalue weighted by Gasteiger charge is 2.40. The van der Waals surface area contributed by atoms with Crippen molar-refractivity contribution in [3.8, 4) is 0 Å². The van der Waals surface area contributed by atoms with Crippen molar-refractivity contribution in [2.75, 3.05) is 32.7 Å². The van der Waals surface area contributed by atoms with Crippen LogP contribution in [0.3, 0.4) is 0 Å². The number of sulfonamides is 1. The Hall–Kier alpha value is -2.23. The average molecular weight is 448 g/mol. The molecule has 0 bridgehead atoms. The summed E-state index contributed by atoms with van der Waals surface area (Å²) in [5, 5.41) is 1.74. The first-order valence-corrected chi connectivity index (χ1v) is 12.4. The van der Waals surface area contributed by atoms with Gasteiger partial charge in [0.1, 0.15) is 4.21 Å². The average Bonchev–Trinajstić information content (AvgIpc) is 3.44. The van der Waals surface area contributed by atoms with E-state index in [2.05, 4.69) is 0 Å². The quantitative estimate of drug-likeness (QED) is 0.704. The number of likely N-dealkylation sites (tertiary alicyclic amines) is 1. The number of hydrogen-bond acceptors (Lipinski definition) is 5. The zero-order chi connectivity index (χ0) is 21.3. The van der Waals surface area contributed by atoms with E-state index in [1.165, 1.54) is 15.6 Å². The Morgan fingerprint density at radius 2 is 1.77 bits per heavy atom. The van der Waals surface area contributed by atoms with Gasteiger partial charge >= 0.3 is 0 Å². The van der Waals surface area contributed by atoms with Gasteiger partial charge in [-0.2, -0.15) is 4.31 Å². The summed E-state index contributed by atoms with van der Waals surface area (Å²) in [4.78, 5) is 29.1. The first-order valence-electron chi connectivity index (χ1n) is 10.0. The van der Waals surface area contributed by atoms with Gasteiger partial charge in [0.15, 0.2) is 0 Å². The summed E-state index contributed by atoms with van der Waals surface area (Å²) in [7, 11) is -3.49. The minimum Gasteiger partial charge on any atom is -0.340 e. The molecule has 0 aliphatic carbocycles. The number of rotatable bonds is 5. The molecule has 2 fully saturated rings. The lowest BCUT2D eigenvalue weighted by atomic mass is 10.1. The zero-order valence-corrected chi connectivity index (χ0v) is 18.4. The van der Waals surface area contributed by atoms with Crippen LogP contribution >= 0.6 is 11.3 Å². The maximum Gasteiger partial charge on any atom is 0.252 e. The Balaban J connectivity index is 1.36. The summed E-state index contributed by atoms with van der Waals surface area (Å²) in [6.07, 6.45) is 0.212. The first-order chi connectivity index (χ1) is 14.4. The van der Waals surface area contributed by atoms with Crippen LogP contribution in [0.4, 0.5) is 0 Å². The molecule has 0 spiro atoms. The number of thiophene rings is 1. The standard InChI is InChI=1S/C21H25N3O4S2/c1-16(17-6-3-2-4-7-17)24-15-18(14-19(24)25)21(26)22-9-11-23(12-10-22)30(27,28)20-8-5-13-29-20/h2-8,13,16,18H,9-12,14-15H2,1H3/t16-,18-/m1/s1. The van der Waals surface area contributed by atoms with Gasteiger partial charge in [-0.25, -0.2) is 8.42 Å². The summed E-state index contributed by atoms with van der Waals surface area (Å²) >= 11 is 1.20. The fourth-order valence-corrected chi connectivity index (χ4v) is 6.69. The third kappa shape index (κ3) is 4.01. The van der Waals surface area contributed by atoms with Crippen LogP contribution in [0.5, 0.6) is 0 Å². The largest absolute Gasteiger partial charge is 0.340 e. The molecule has 0 radical (unpaired) electrons. The Labute approximate surface area is 180 Å². The zero-order valence-electron chi connectivity index (χ0n) is 16.8. The van der Waals surface area contributed by atoms with E-state index in [1.807, 2.05) is 37.3 Å². The molecule has 0 N–H and O–H groups in total. The highest BCUT2D eigenvalue weighted by atomic mass is 32.2. The SMILES string of the molecule is C[C@H](c1ccccc1)N1C[C@H](C(=O)N2CCN(S(=O)(=O)c3cccs3)CC2)CC1=O. The fraction of sp³-hybridized carbons (Fsp3) is 0.429. The van der Waals surface area contributed by atoms with Gasteiger partial charge in [-0.3, -0.25) is 9.59 Å². The van der Waals surface area contributed by atoms with Crippen LogP contribution in [0.25, 0.3) is 0 Å². The number of piperazine rings is 1. The van der Waals surface area contributed by atoms with Gasteiger partial charge in [0.2, 0.25) is 11.8 Å². The molecule has 2 aliphatic rings. The lowest BCUT2D eigenvalue weighted by molar-refractivity contribution is -0.137. The van der Waals surface area contributed by atoms with E-state index < -0.39 is 10.0 Å². The van der Waals surface area contributed by atoms with Crippen molar-refractivity contribution in [3.63, 3.8) is 0 Å². The van der Waals surface area contributed by atoms with Crippen LogP contribution in [-0.4, -0.2) is 67.1 Å². The molecule has 9 heteroatoms. The molecule has 7 nitrogen and oxygen atoms in total. The molecule has 1 aromatic heterocycles. The summed E-state index contributed by atoms with van der Waals surface area (Å²) in [6.45, 7) is 3.63. The molecule has 0 saturated carbocycles. The van der Waals surface area contributed by atoms with Crippen molar-refractivity contribution in [1.29, 1.82) is 0 Å². The van der Waals surface area contributed by atoms with Crippen LogP contribution in [0, 0.1) is 5.92 Å². The molecule has 2 atom stereocenters. The van der Waals surface area contributed by atoms with E-state index in [1.54, 1.807) is 27.3 Å². The molecule has 2 aromatic rings. The first kappa shape index (κ1) is 21.0. The molecule has 1 aromatic carbocycles. The van der Waals surface area contributed by atoms with E-state index in [9.17, 15) is 18.0 Å². The fourth-order valence-electron chi connectivity index (χ4n) is 4.13.